The molecule has 4 heteroatoms. The lowest BCUT2D eigenvalue weighted by Crippen LogP contribution is -2.53. The Morgan fingerprint density at radius 2 is 1.89 bits per heavy atom. The average Bonchev–Trinajstić information content (AvgIpc) is 2.85. The van der Waals surface area contributed by atoms with Crippen molar-refractivity contribution in [1.29, 1.82) is 0 Å². The molecule has 2 saturated heterocycles. The largest absolute Gasteiger partial charge is 0.346 e. The number of hydrogen-bond acceptors (Lipinski definition) is 3. The van der Waals surface area contributed by atoms with E-state index in [9.17, 15) is 0 Å². The second-order valence-electron chi connectivity index (χ2n) is 5.39. The average molecular weight is 284 g/mol. The molecule has 0 radical (unpaired) electrons. The molecule has 2 heterocycles. The molecular formula is C15H22ClNO2. The number of ether oxygens (including phenoxy) is 2. The quantitative estimate of drug-likeness (QED) is 0.833. The van der Waals surface area contributed by atoms with Crippen LogP contribution >= 0.6 is 12.4 Å². The Bertz CT molecular complexity index is 392. The monoisotopic (exact) mass is 283 g/mol. The third kappa shape index (κ3) is 3.11. The maximum Gasteiger partial charge on any atom is 0.183 e. The third-order valence-corrected chi connectivity index (χ3v) is 4.10. The van der Waals surface area contributed by atoms with E-state index < -0.39 is 0 Å². The fraction of sp³-hybridized carbons (Fsp3) is 0.600. The van der Waals surface area contributed by atoms with E-state index in [1.807, 2.05) is 0 Å². The number of benzene rings is 1. The van der Waals surface area contributed by atoms with Crippen LogP contribution in [0.25, 0.3) is 0 Å². The lowest BCUT2D eigenvalue weighted by Gasteiger charge is -2.43. The number of nitrogens with zero attached hydrogens (tertiary/aromatic N) is 1. The van der Waals surface area contributed by atoms with Crippen molar-refractivity contribution >= 4 is 12.4 Å². The van der Waals surface area contributed by atoms with Crippen LogP contribution < -0.4 is 0 Å². The van der Waals surface area contributed by atoms with Crippen molar-refractivity contribution in [3.8, 4) is 0 Å². The van der Waals surface area contributed by atoms with E-state index in [1.165, 1.54) is 5.56 Å². The summed E-state index contributed by atoms with van der Waals surface area (Å²) in [5, 5.41) is 0. The van der Waals surface area contributed by atoms with Crippen molar-refractivity contribution in [1.82, 2.24) is 4.90 Å². The zero-order valence-corrected chi connectivity index (χ0v) is 12.2. The van der Waals surface area contributed by atoms with Gasteiger partial charge in [-0.2, -0.15) is 0 Å². The van der Waals surface area contributed by atoms with Crippen LogP contribution in [0.1, 0.15) is 18.9 Å². The van der Waals surface area contributed by atoms with Crippen LogP contribution in [0.2, 0.25) is 0 Å². The molecule has 3 rings (SSSR count). The van der Waals surface area contributed by atoms with Crippen LogP contribution in [0.15, 0.2) is 30.3 Å². The molecule has 106 valence electrons. The first-order chi connectivity index (χ1) is 8.78. The van der Waals surface area contributed by atoms with Gasteiger partial charge in [-0.05, 0) is 18.5 Å². The zero-order chi connectivity index (χ0) is 12.4. The highest BCUT2D eigenvalue weighted by Gasteiger charge is 2.45. The van der Waals surface area contributed by atoms with Gasteiger partial charge < -0.3 is 9.47 Å². The van der Waals surface area contributed by atoms with Crippen LogP contribution in [-0.2, 0) is 16.0 Å². The van der Waals surface area contributed by atoms with Crippen LogP contribution in [0.5, 0.6) is 0 Å². The minimum Gasteiger partial charge on any atom is -0.346 e. The molecule has 0 bridgehead atoms. The first kappa shape index (κ1) is 14.8. The maximum absolute atomic E-state index is 5.90. The van der Waals surface area contributed by atoms with Crippen molar-refractivity contribution in [3.63, 3.8) is 0 Å². The van der Waals surface area contributed by atoms with Crippen molar-refractivity contribution in [2.24, 2.45) is 5.92 Å². The molecule has 1 aromatic rings. The third-order valence-electron chi connectivity index (χ3n) is 4.10. The Morgan fingerprint density at radius 3 is 2.58 bits per heavy atom. The van der Waals surface area contributed by atoms with E-state index in [-0.39, 0.29) is 18.2 Å². The molecule has 0 amide bonds. The summed E-state index contributed by atoms with van der Waals surface area (Å²) in [5.41, 5.74) is 1.36. The van der Waals surface area contributed by atoms with Crippen LogP contribution in [-0.4, -0.2) is 37.0 Å². The van der Waals surface area contributed by atoms with Gasteiger partial charge in [0.15, 0.2) is 5.79 Å². The summed E-state index contributed by atoms with van der Waals surface area (Å²) in [6.07, 6.45) is 1.15. The van der Waals surface area contributed by atoms with Crippen LogP contribution in [0, 0.1) is 5.92 Å². The molecule has 1 atom stereocenters. The minimum atomic E-state index is -0.340. The lowest BCUT2D eigenvalue weighted by atomic mass is 9.92. The van der Waals surface area contributed by atoms with Crippen molar-refractivity contribution in [2.45, 2.75) is 25.7 Å². The molecule has 0 aromatic heterocycles. The van der Waals surface area contributed by atoms with E-state index in [0.29, 0.717) is 5.92 Å². The second kappa shape index (κ2) is 6.23. The fourth-order valence-corrected chi connectivity index (χ4v) is 2.97. The summed E-state index contributed by atoms with van der Waals surface area (Å²) < 4.78 is 11.8. The second-order valence-corrected chi connectivity index (χ2v) is 5.39. The van der Waals surface area contributed by atoms with Crippen LogP contribution in [0.3, 0.4) is 0 Å². The highest BCUT2D eigenvalue weighted by atomic mass is 35.5. The molecule has 0 aliphatic carbocycles. The van der Waals surface area contributed by atoms with E-state index in [0.717, 1.165) is 39.3 Å². The van der Waals surface area contributed by atoms with Gasteiger partial charge in [-0.3, -0.25) is 4.90 Å². The summed E-state index contributed by atoms with van der Waals surface area (Å²) in [4.78, 5) is 2.45. The maximum atomic E-state index is 5.90. The molecule has 3 nitrogen and oxygen atoms in total. The Kier molecular flexibility index (Phi) is 4.85. The molecule has 1 spiro atoms. The lowest BCUT2D eigenvalue weighted by molar-refractivity contribution is -0.220. The van der Waals surface area contributed by atoms with Gasteiger partial charge in [0.25, 0.3) is 0 Å². The van der Waals surface area contributed by atoms with Gasteiger partial charge in [-0.1, -0.05) is 37.3 Å². The molecule has 0 saturated carbocycles. The van der Waals surface area contributed by atoms with E-state index in [4.69, 9.17) is 9.47 Å². The van der Waals surface area contributed by atoms with Crippen molar-refractivity contribution < 1.29 is 9.47 Å². The SMILES string of the molecule is CC1CCN(Cc2ccccc2)CC12OCCO2.Cl. The summed E-state index contributed by atoms with van der Waals surface area (Å²) >= 11 is 0. The predicted molar refractivity (Wildman–Crippen MR) is 77.4 cm³/mol. The number of likely N-dealkylation sites (tertiary alicyclic amines) is 1. The molecule has 19 heavy (non-hydrogen) atoms. The van der Waals surface area contributed by atoms with Gasteiger partial charge >= 0.3 is 0 Å². The molecule has 2 aliphatic heterocycles. The van der Waals surface area contributed by atoms with Gasteiger partial charge in [0, 0.05) is 12.5 Å². The minimum absolute atomic E-state index is 0. The van der Waals surface area contributed by atoms with E-state index in [1.54, 1.807) is 0 Å². The molecule has 2 aliphatic rings. The molecular weight excluding hydrogens is 262 g/mol. The Hall–Kier alpha value is -0.610. The number of piperidine rings is 1. The Morgan fingerprint density at radius 1 is 1.21 bits per heavy atom. The number of rotatable bonds is 2. The van der Waals surface area contributed by atoms with Gasteiger partial charge in [0.2, 0.25) is 0 Å². The van der Waals surface area contributed by atoms with Crippen molar-refractivity contribution in [2.75, 3.05) is 26.3 Å². The Labute approximate surface area is 121 Å². The summed E-state index contributed by atoms with van der Waals surface area (Å²) in [6, 6.07) is 10.6. The first-order valence-corrected chi connectivity index (χ1v) is 6.83. The molecule has 1 aromatic carbocycles. The van der Waals surface area contributed by atoms with Gasteiger partial charge in [-0.15, -0.1) is 12.4 Å². The smallest absolute Gasteiger partial charge is 0.183 e. The van der Waals surface area contributed by atoms with E-state index in [2.05, 4.69) is 42.2 Å². The topological polar surface area (TPSA) is 21.7 Å². The summed E-state index contributed by atoms with van der Waals surface area (Å²) in [5.74, 6) is 0.152. The number of halogens is 1. The predicted octanol–water partition coefficient (Wildman–Crippen LogP) is 2.69. The fourth-order valence-electron chi connectivity index (χ4n) is 2.97. The number of hydrogen-bond donors (Lipinski definition) is 0. The summed E-state index contributed by atoms with van der Waals surface area (Å²) in [7, 11) is 0. The van der Waals surface area contributed by atoms with Gasteiger partial charge in [0.1, 0.15) is 0 Å². The molecule has 0 N–H and O–H groups in total. The van der Waals surface area contributed by atoms with E-state index >= 15 is 0 Å². The standard InChI is InChI=1S/C15H21NO2.ClH/c1-13-7-8-16(11-14-5-3-2-4-6-14)12-15(13)17-9-10-18-15;/h2-6,13H,7-12H2,1H3;1H. The molecule has 2 fully saturated rings. The van der Waals surface area contributed by atoms with Crippen LogP contribution in [0.4, 0.5) is 0 Å². The highest BCUT2D eigenvalue weighted by Crippen LogP contribution is 2.35. The Balaban J connectivity index is 0.00000133. The van der Waals surface area contributed by atoms with Gasteiger partial charge in [0.05, 0.1) is 19.8 Å². The zero-order valence-electron chi connectivity index (χ0n) is 11.4. The highest BCUT2D eigenvalue weighted by molar-refractivity contribution is 5.85. The van der Waals surface area contributed by atoms with Crippen molar-refractivity contribution in [3.05, 3.63) is 35.9 Å². The molecule has 1 unspecified atom stereocenters. The first-order valence-electron chi connectivity index (χ1n) is 6.83. The normalized spacial score (nSPS) is 26.3. The van der Waals surface area contributed by atoms with Gasteiger partial charge in [-0.25, -0.2) is 0 Å². The summed E-state index contributed by atoms with van der Waals surface area (Å²) in [6.45, 7) is 6.73.